The minimum absolute atomic E-state index is 0.363. The molecular weight excluding hydrogens is 294 g/mol. The Morgan fingerprint density at radius 3 is 2.82 bits per heavy atom. The fourth-order valence-electron chi connectivity index (χ4n) is 1.96. The normalized spacial score (nSPS) is 12.9. The van der Waals surface area contributed by atoms with Crippen molar-refractivity contribution >= 4 is 37.4 Å². The van der Waals surface area contributed by atoms with Gasteiger partial charge in [0.2, 0.25) is 0 Å². The molecule has 2 rings (SSSR count). The highest BCUT2D eigenvalue weighted by Crippen LogP contribution is 2.34. The minimum atomic E-state index is 0.363. The number of thiophene rings is 1. The number of hydrogen-bond donors (Lipinski definition) is 1. The average molecular weight is 310 g/mol. The number of benzene rings is 1. The molecule has 1 unspecified atom stereocenters. The van der Waals surface area contributed by atoms with Gasteiger partial charge in [-0.3, -0.25) is 0 Å². The second-order valence-electron chi connectivity index (χ2n) is 4.21. The van der Waals surface area contributed by atoms with E-state index in [4.69, 9.17) is 0 Å². The van der Waals surface area contributed by atoms with Crippen LogP contribution >= 0.6 is 27.3 Å². The Balaban J connectivity index is 2.29. The molecule has 0 spiro atoms. The number of rotatable bonds is 4. The van der Waals surface area contributed by atoms with Crippen LogP contribution in [0.2, 0.25) is 0 Å². The van der Waals surface area contributed by atoms with E-state index in [2.05, 4.69) is 65.9 Å². The van der Waals surface area contributed by atoms with Gasteiger partial charge in [0.05, 0.1) is 0 Å². The number of halogens is 1. The van der Waals surface area contributed by atoms with Crippen LogP contribution in [0.1, 0.15) is 23.4 Å². The van der Waals surface area contributed by atoms with Crippen molar-refractivity contribution in [2.24, 2.45) is 0 Å². The molecule has 90 valence electrons. The van der Waals surface area contributed by atoms with Gasteiger partial charge < -0.3 is 5.32 Å². The maximum Gasteiger partial charge on any atom is 0.0392 e. The summed E-state index contributed by atoms with van der Waals surface area (Å²) in [5, 5.41) is 4.84. The van der Waals surface area contributed by atoms with Gasteiger partial charge in [-0.1, -0.05) is 40.7 Å². The van der Waals surface area contributed by atoms with E-state index < -0.39 is 0 Å². The van der Waals surface area contributed by atoms with Gasteiger partial charge in [0.1, 0.15) is 0 Å². The van der Waals surface area contributed by atoms with Crippen LogP contribution in [0.15, 0.2) is 35.3 Å². The first-order valence-corrected chi connectivity index (χ1v) is 7.25. The maximum atomic E-state index is 3.84. The van der Waals surface area contributed by atoms with Crippen LogP contribution in [0.25, 0.3) is 10.1 Å². The van der Waals surface area contributed by atoms with E-state index in [0.29, 0.717) is 6.04 Å². The third-order valence-electron chi connectivity index (χ3n) is 2.87. The number of fused-ring (bicyclic) bond motifs is 1. The van der Waals surface area contributed by atoms with Gasteiger partial charge in [0.25, 0.3) is 0 Å². The molecule has 0 radical (unpaired) electrons. The lowest BCUT2D eigenvalue weighted by Gasteiger charge is -2.12. The van der Waals surface area contributed by atoms with Crippen LogP contribution in [0, 0.1) is 6.92 Å². The third kappa shape index (κ3) is 2.79. The zero-order valence-corrected chi connectivity index (χ0v) is 12.5. The van der Waals surface area contributed by atoms with Gasteiger partial charge in [-0.25, -0.2) is 0 Å². The fourth-order valence-corrected chi connectivity index (χ4v) is 3.36. The highest BCUT2D eigenvalue weighted by molar-refractivity contribution is 9.11. The Morgan fingerprint density at radius 1 is 1.47 bits per heavy atom. The molecule has 1 aromatic heterocycles. The van der Waals surface area contributed by atoms with Crippen LogP contribution in [0.4, 0.5) is 0 Å². The standard InChI is InChI=1S/C14H16BrNS/c1-9(15)8-16-11(3)14-10(2)12-6-4-5-7-13(12)17-14/h4-7,11,16H,1,8H2,2-3H3. The number of nitrogens with one attached hydrogen (secondary N) is 1. The SMILES string of the molecule is C=C(Br)CNC(C)c1sc2ccccc2c1C. The first-order valence-electron chi connectivity index (χ1n) is 5.64. The largest absolute Gasteiger partial charge is 0.305 e. The van der Waals surface area contributed by atoms with E-state index in [-0.39, 0.29) is 0 Å². The van der Waals surface area contributed by atoms with Gasteiger partial charge >= 0.3 is 0 Å². The Hall–Kier alpha value is -0.640. The third-order valence-corrected chi connectivity index (χ3v) is 4.61. The molecule has 17 heavy (non-hydrogen) atoms. The van der Waals surface area contributed by atoms with Crippen molar-refractivity contribution in [3.63, 3.8) is 0 Å². The summed E-state index contributed by atoms with van der Waals surface area (Å²) in [6.07, 6.45) is 0. The molecule has 3 heteroatoms. The molecule has 0 aliphatic carbocycles. The molecular formula is C14H16BrNS. The van der Waals surface area contributed by atoms with Crippen molar-refractivity contribution in [3.05, 3.63) is 45.8 Å². The van der Waals surface area contributed by atoms with E-state index >= 15 is 0 Å². The summed E-state index contributed by atoms with van der Waals surface area (Å²) in [6.45, 7) is 9.05. The van der Waals surface area contributed by atoms with Gasteiger partial charge in [-0.05, 0) is 30.9 Å². The maximum absolute atomic E-state index is 3.84. The van der Waals surface area contributed by atoms with Crippen LogP contribution in [-0.2, 0) is 0 Å². The highest BCUT2D eigenvalue weighted by Gasteiger charge is 2.13. The summed E-state index contributed by atoms with van der Waals surface area (Å²) in [6, 6.07) is 8.94. The summed E-state index contributed by atoms with van der Waals surface area (Å²) in [4.78, 5) is 1.42. The second kappa shape index (κ2) is 5.34. The molecule has 0 saturated carbocycles. The second-order valence-corrected chi connectivity index (χ2v) is 6.41. The van der Waals surface area contributed by atoms with Gasteiger partial charge in [0, 0.05) is 26.6 Å². The molecule has 1 heterocycles. The monoisotopic (exact) mass is 309 g/mol. The highest BCUT2D eigenvalue weighted by atomic mass is 79.9. The van der Waals surface area contributed by atoms with Crippen LogP contribution in [0.3, 0.4) is 0 Å². The zero-order chi connectivity index (χ0) is 12.4. The lowest BCUT2D eigenvalue weighted by Crippen LogP contribution is -2.19. The predicted octanol–water partition coefficient (Wildman–Crippen LogP) is 4.77. The Bertz CT molecular complexity index is 544. The molecule has 1 nitrogen and oxygen atoms in total. The fraction of sp³-hybridized carbons (Fsp3) is 0.286. The van der Waals surface area contributed by atoms with E-state index in [1.807, 2.05) is 11.3 Å². The molecule has 0 bridgehead atoms. The summed E-state index contributed by atoms with van der Waals surface area (Å²) < 4.78 is 2.36. The smallest absolute Gasteiger partial charge is 0.0392 e. The first kappa shape index (κ1) is 12.8. The summed E-state index contributed by atoms with van der Waals surface area (Å²) in [5.41, 5.74) is 1.39. The Kier molecular flexibility index (Phi) is 4.02. The summed E-state index contributed by atoms with van der Waals surface area (Å²) in [7, 11) is 0. The van der Waals surface area contributed by atoms with Gasteiger partial charge in [0.15, 0.2) is 0 Å². The number of hydrogen-bond acceptors (Lipinski definition) is 2. The number of aryl methyl sites for hydroxylation is 1. The minimum Gasteiger partial charge on any atom is -0.305 e. The Morgan fingerprint density at radius 2 is 2.18 bits per heavy atom. The summed E-state index contributed by atoms with van der Waals surface area (Å²) in [5.74, 6) is 0. The molecule has 0 amide bonds. The topological polar surface area (TPSA) is 12.0 Å². The van der Waals surface area contributed by atoms with Crippen molar-refractivity contribution in [2.75, 3.05) is 6.54 Å². The van der Waals surface area contributed by atoms with Crippen molar-refractivity contribution in [2.45, 2.75) is 19.9 Å². The van der Waals surface area contributed by atoms with Crippen LogP contribution < -0.4 is 5.32 Å². The molecule has 1 atom stereocenters. The van der Waals surface area contributed by atoms with Gasteiger partial charge in [-0.15, -0.1) is 11.3 Å². The van der Waals surface area contributed by atoms with Gasteiger partial charge in [-0.2, -0.15) is 0 Å². The lowest BCUT2D eigenvalue weighted by atomic mass is 10.1. The van der Waals surface area contributed by atoms with E-state index in [0.717, 1.165) is 11.0 Å². The van der Waals surface area contributed by atoms with Crippen LogP contribution in [0.5, 0.6) is 0 Å². The molecule has 1 N–H and O–H groups in total. The van der Waals surface area contributed by atoms with E-state index in [9.17, 15) is 0 Å². The predicted molar refractivity (Wildman–Crippen MR) is 81.0 cm³/mol. The molecule has 2 aromatic rings. The molecule has 0 fully saturated rings. The van der Waals surface area contributed by atoms with E-state index in [1.54, 1.807) is 0 Å². The van der Waals surface area contributed by atoms with Crippen molar-refractivity contribution in [1.82, 2.24) is 5.32 Å². The van der Waals surface area contributed by atoms with Crippen molar-refractivity contribution < 1.29 is 0 Å². The molecule has 0 saturated heterocycles. The zero-order valence-electron chi connectivity index (χ0n) is 10.1. The Labute approximate surface area is 115 Å². The average Bonchev–Trinajstić information content (AvgIpc) is 2.64. The first-order chi connectivity index (χ1) is 8.09. The lowest BCUT2D eigenvalue weighted by molar-refractivity contribution is 0.623. The molecule has 0 aliphatic heterocycles. The van der Waals surface area contributed by atoms with E-state index in [1.165, 1.54) is 20.5 Å². The van der Waals surface area contributed by atoms with Crippen LogP contribution in [-0.4, -0.2) is 6.54 Å². The molecule has 0 aliphatic rings. The van der Waals surface area contributed by atoms with Crippen molar-refractivity contribution in [3.8, 4) is 0 Å². The van der Waals surface area contributed by atoms with Crippen molar-refractivity contribution in [1.29, 1.82) is 0 Å². The summed E-state index contributed by atoms with van der Waals surface area (Å²) >= 11 is 5.25. The quantitative estimate of drug-likeness (QED) is 0.858. The molecule has 1 aromatic carbocycles.